The molecule has 8 rings (SSSR count). The molecule has 58 heavy (non-hydrogen) atoms. The molecule has 0 unspecified atom stereocenters. The van der Waals surface area contributed by atoms with Crippen LogP contribution in [0.25, 0.3) is 44.9 Å². The van der Waals surface area contributed by atoms with E-state index in [1.54, 1.807) is 60.7 Å². The van der Waals surface area contributed by atoms with Crippen LogP contribution < -0.4 is 0 Å². The number of carboxylic acid groups (broad SMARTS) is 2. The molecule has 8 aromatic rings. The van der Waals surface area contributed by atoms with Gasteiger partial charge >= 0.3 is 11.9 Å². The third-order valence-electron chi connectivity index (χ3n) is 8.31. The van der Waals surface area contributed by atoms with Crippen molar-refractivity contribution in [2.75, 3.05) is 10.7 Å². The Balaban J connectivity index is 0.000000252. The number of aryl methyl sites for hydroxylation is 2. The van der Waals surface area contributed by atoms with E-state index in [0.717, 1.165) is 44.9 Å². The fourth-order valence-electron chi connectivity index (χ4n) is 5.71. The molecule has 12 heteroatoms. The monoisotopic (exact) mass is 852 g/mol. The molecule has 2 N–H and O–H groups in total. The van der Waals surface area contributed by atoms with Gasteiger partial charge in [0.15, 0.2) is 0 Å². The van der Waals surface area contributed by atoms with Gasteiger partial charge in [0, 0.05) is 47.3 Å². The maximum absolute atomic E-state index is 10.2. The average molecular weight is 855 g/mol. The number of hydrogen-bond donors (Lipinski definition) is 2. The Labute approximate surface area is 357 Å². The second-order valence-corrected chi connectivity index (χ2v) is 13.8. The Kier molecular flexibility index (Phi) is 18.0. The van der Waals surface area contributed by atoms with Gasteiger partial charge in [-0.15, -0.1) is 46.4 Å². The van der Waals surface area contributed by atoms with Crippen LogP contribution in [0.5, 0.6) is 0 Å². The molecule has 0 aliphatic carbocycles. The van der Waals surface area contributed by atoms with Gasteiger partial charge in [0.05, 0.1) is 44.2 Å². The van der Waals surface area contributed by atoms with Crippen molar-refractivity contribution in [2.45, 2.75) is 13.8 Å². The minimum Gasteiger partial charge on any atom is -0.478 e. The molecular formula is C46H40Cl4N4O4. The first-order valence-corrected chi connectivity index (χ1v) is 19.8. The molecule has 0 spiro atoms. The second-order valence-electron chi connectivity index (χ2n) is 12.2. The topological polar surface area (TPSA) is 110 Å². The lowest BCUT2D eigenvalue weighted by Gasteiger charge is -2.12. The average Bonchev–Trinajstić information content (AvgIpc) is 3.81. The Morgan fingerprint density at radius 3 is 1.09 bits per heavy atom. The first kappa shape index (κ1) is 44.8. The zero-order valence-electron chi connectivity index (χ0n) is 31.6. The number of aromatic carboxylic acids is 2. The van der Waals surface area contributed by atoms with Crippen molar-refractivity contribution in [3.8, 4) is 33.9 Å². The lowest BCUT2D eigenvalue weighted by molar-refractivity contribution is 0.0686. The van der Waals surface area contributed by atoms with Gasteiger partial charge in [-0.1, -0.05) is 71.8 Å². The summed E-state index contributed by atoms with van der Waals surface area (Å²) in [5, 5.41) is 17.2. The third-order valence-corrected chi connectivity index (χ3v) is 8.31. The van der Waals surface area contributed by atoms with E-state index in [0.29, 0.717) is 11.1 Å². The molecule has 4 aromatic heterocycles. The summed E-state index contributed by atoms with van der Waals surface area (Å²) >= 11 is 19.1. The molecule has 0 amide bonds. The summed E-state index contributed by atoms with van der Waals surface area (Å²) in [4.78, 5) is 29.2. The highest BCUT2D eigenvalue weighted by molar-refractivity contribution is 6.41. The van der Waals surface area contributed by atoms with E-state index in [1.165, 1.54) is 11.1 Å². The van der Waals surface area contributed by atoms with E-state index in [1.807, 2.05) is 36.9 Å². The predicted octanol–water partition coefficient (Wildman–Crippen LogP) is 12.8. The Morgan fingerprint density at radius 1 is 0.500 bits per heavy atom. The molecule has 0 saturated carbocycles. The van der Waals surface area contributed by atoms with Gasteiger partial charge in [-0.3, -0.25) is 9.97 Å². The highest BCUT2D eigenvalue weighted by Gasteiger charge is 2.21. The molecule has 0 aliphatic heterocycles. The molecule has 0 fully saturated rings. The van der Waals surface area contributed by atoms with Crippen LogP contribution in [0.4, 0.5) is 0 Å². The number of nitrogens with zero attached hydrogens (tertiary/aromatic N) is 4. The summed E-state index contributed by atoms with van der Waals surface area (Å²) in [5.74, 6) is -1.76. The van der Waals surface area contributed by atoms with Gasteiger partial charge in [-0.2, -0.15) is 0 Å². The van der Waals surface area contributed by atoms with Crippen LogP contribution in [-0.2, 0) is 0 Å². The van der Waals surface area contributed by atoms with Crippen molar-refractivity contribution < 1.29 is 19.8 Å². The molecular weight excluding hydrogens is 814 g/mol. The van der Waals surface area contributed by atoms with Gasteiger partial charge in [0.1, 0.15) is 0 Å². The predicted molar refractivity (Wildman–Crippen MR) is 238 cm³/mol. The van der Waals surface area contributed by atoms with Gasteiger partial charge < -0.3 is 19.3 Å². The minimum atomic E-state index is -0.879. The van der Waals surface area contributed by atoms with E-state index in [4.69, 9.17) is 56.6 Å². The summed E-state index contributed by atoms with van der Waals surface area (Å²) < 4.78 is 4.66. The number of fused-ring (bicyclic) bond motifs is 1. The summed E-state index contributed by atoms with van der Waals surface area (Å²) in [6, 6.07) is 46.7. The zero-order valence-corrected chi connectivity index (χ0v) is 34.6. The number of carboxylic acids is 2. The maximum Gasteiger partial charge on any atom is 0.335 e. The van der Waals surface area contributed by atoms with Crippen molar-refractivity contribution in [1.29, 1.82) is 0 Å². The van der Waals surface area contributed by atoms with Crippen molar-refractivity contribution in [3.63, 3.8) is 0 Å². The standard InChI is InChI=1S/C30H24N4.2C7H6O2.2CH2Cl2/c1-21-7-11-25(12-8-21)33-27(23-5-3-15-31-19-23)17-30-29(33)18-28(24-6-4-16-32-20-24)34(30)26-13-9-22(2)10-14-26;2*8-7(9)6-4-2-1-3-5-6;2*2-1-3/h3-20H,1-2H3;2*1-5H,(H,8,9);2*1H2. The van der Waals surface area contributed by atoms with Crippen molar-refractivity contribution in [2.24, 2.45) is 0 Å². The third kappa shape index (κ3) is 12.6. The van der Waals surface area contributed by atoms with Crippen LogP contribution in [0.3, 0.4) is 0 Å². The van der Waals surface area contributed by atoms with Crippen LogP contribution in [0, 0.1) is 13.8 Å². The molecule has 0 saturated heterocycles. The number of aromatic nitrogens is 4. The van der Waals surface area contributed by atoms with Gasteiger partial charge in [-0.05, 0) is 98.8 Å². The van der Waals surface area contributed by atoms with Crippen LogP contribution in [-0.4, -0.2) is 51.9 Å². The summed E-state index contributed by atoms with van der Waals surface area (Å²) in [5.41, 5.74) is 12.1. The summed E-state index contributed by atoms with van der Waals surface area (Å²) in [7, 11) is 0. The van der Waals surface area contributed by atoms with Crippen molar-refractivity contribution >= 4 is 69.4 Å². The molecule has 0 atom stereocenters. The molecule has 4 heterocycles. The van der Waals surface area contributed by atoms with E-state index >= 15 is 0 Å². The number of pyridine rings is 2. The molecule has 296 valence electrons. The number of carbonyl (C=O) groups is 2. The van der Waals surface area contributed by atoms with Crippen LogP contribution in [0.1, 0.15) is 31.8 Å². The molecule has 8 nitrogen and oxygen atoms in total. The lowest BCUT2D eigenvalue weighted by atomic mass is 10.1. The van der Waals surface area contributed by atoms with E-state index in [2.05, 4.69) is 106 Å². The zero-order chi connectivity index (χ0) is 41.9. The normalized spacial score (nSPS) is 9.97. The first-order chi connectivity index (χ1) is 28.1. The number of halogens is 4. The number of rotatable bonds is 6. The Morgan fingerprint density at radius 2 is 0.828 bits per heavy atom. The first-order valence-electron chi connectivity index (χ1n) is 17.7. The second kappa shape index (κ2) is 23.4. The van der Waals surface area contributed by atoms with Crippen molar-refractivity contribution in [1.82, 2.24) is 19.1 Å². The van der Waals surface area contributed by atoms with Gasteiger partial charge in [0.25, 0.3) is 0 Å². The Hall–Kier alpha value is -5.90. The molecule has 0 bridgehead atoms. The van der Waals surface area contributed by atoms with E-state index in [-0.39, 0.29) is 10.7 Å². The number of alkyl halides is 4. The van der Waals surface area contributed by atoms with Crippen LogP contribution in [0.2, 0.25) is 0 Å². The number of benzene rings is 4. The largest absolute Gasteiger partial charge is 0.478 e. The quantitative estimate of drug-likeness (QED) is 0.161. The van der Waals surface area contributed by atoms with Crippen LogP contribution >= 0.6 is 46.4 Å². The maximum atomic E-state index is 10.2. The summed E-state index contributed by atoms with van der Waals surface area (Å²) in [6.07, 6.45) is 7.49. The Bertz CT molecular complexity index is 2270. The number of hydrogen-bond acceptors (Lipinski definition) is 4. The smallest absolute Gasteiger partial charge is 0.335 e. The summed E-state index contributed by atoms with van der Waals surface area (Å²) in [6.45, 7) is 4.23. The minimum absolute atomic E-state index is 0.194. The van der Waals surface area contributed by atoms with E-state index in [9.17, 15) is 9.59 Å². The lowest BCUT2D eigenvalue weighted by Crippen LogP contribution is -1.97. The fourth-order valence-corrected chi connectivity index (χ4v) is 5.71. The van der Waals surface area contributed by atoms with Crippen LogP contribution in [0.15, 0.2) is 170 Å². The molecule has 0 radical (unpaired) electrons. The highest BCUT2D eigenvalue weighted by atomic mass is 35.5. The van der Waals surface area contributed by atoms with Gasteiger partial charge in [-0.25, -0.2) is 9.59 Å². The molecule has 0 aliphatic rings. The fraction of sp³-hybridized carbons (Fsp3) is 0.0870. The highest BCUT2D eigenvalue weighted by Crippen LogP contribution is 2.38. The van der Waals surface area contributed by atoms with Crippen molar-refractivity contribution in [3.05, 3.63) is 193 Å². The molecule has 4 aromatic carbocycles. The SMILES string of the molecule is Cc1ccc(-n2c(-c3cccnc3)cc3c2cc(-c2cccnc2)n3-c2ccc(C)cc2)cc1.ClCCl.ClCCl.O=C(O)c1ccccc1.O=C(O)c1ccccc1. The van der Waals surface area contributed by atoms with E-state index < -0.39 is 11.9 Å². The van der Waals surface area contributed by atoms with Gasteiger partial charge in [0.2, 0.25) is 0 Å².